The first-order valence-electron chi connectivity index (χ1n) is 3.61. The van der Waals surface area contributed by atoms with Crippen molar-refractivity contribution < 1.29 is 14.6 Å². The molecule has 0 amide bonds. The van der Waals surface area contributed by atoms with Crippen molar-refractivity contribution in [1.29, 1.82) is 0 Å². The smallest absolute Gasteiger partial charge is 0.134 e. The SMILES string of the molecule is NC(CO)c1c(F)ccc(O)c1Cl. The van der Waals surface area contributed by atoms with E-state index in [0.29, 0.717) is 0 Å². The summed E-state index contributed by atoms with van der Waals surface area (Å²) in [6, 6.07) is 1.26. The Morgan fingerprint density at radius 3 is 2.69 bits per heavy atom. The van der Waals surface area contributed by atoms with Crippen molar-refractivity contribution in [3.05, 3.63) is 28.5 Å². The molecule has 1 unspecified atom stereocenters. The van der Waals surface area contributed by atoms with Gasteiger partial charge in [0.1, 0.15) is 11.6 Å². The molecule has 0 saturated heterocycles. The summed E-state index contributed by atoms with van der Waals surface area (Å²) in [6.07, 6.45) is 0. The van der Waals surface area contributed by atoms with E-state index in [9.17, 15) is 4.39 Å². The van der Waals surface area contributed by atoms with Crippen LogP contribution in [0.3, 0.4) is 0 Å². The predicted molar refractivity (Wildman–Crippen MR) is 47.1 cm³/mol. The topological polar surface area (TPSA) is 66.5 Å². The van der Waals surface area contributed by atoms with Gasteiger partial charge < -0.3 is 15.9 Å². The average molecular weight is 206 g/mol. The van der Waals surface area contributed by atoms with Crippen molar-refractivity contribution >= 4 is 11.6 Å². The van der Waals surface area contributed by atoms with E-state index in [1.807, 2.05) is 0 Å². The number of halogens is 2. The molecule has 1 atom stereocenters. The average Bonchev–Trinajstić information content (AvgIpc) is 2.12. The number of aliphatic hydroxyl groups excluding tert-OH is 1. The molecule has 0 saturated carbocycles. The molecule has 4 N–H and O–H groups in total. The Morgan fingerprint density at radius 1 is 1.54 bits per heavy atom. The number of nitrogens with two attached hydrogens (primary N) is 1. The molecule has 1 aromatic carbocycles. The third-order valence-corrected chi connectivity index (χ3v) is 2.07. The lowest BCUT2D eigenvalue weighted by Crippen LogP contribution is -2.16. The van der Waals surface area contributed by atoms with Gasteiger partial charge in [0.05, 0.1) is 17.7 Å². The lowest BCUT2D eigenvalue weighted by molar-refractivity contribution is 0.265. The minimum Gasteiger partial charge on any atom is -0.506 e. The van der Waals surface area contributed by atoms with Crippen molar-refractivity contribution in [2.75, 3.05) is 6.61 Å². The van der Waals surface area contributed by atoms with Crippen LogP contribution in [0.5, 0.6) is 5.75 Å². The second kappa shape index (κ2) is 3.91. The number of phenols is 1. The van der Waals surface area contributed by atoms with Crippen LogP contribution < -0.4 is 5.73 Å². The zero-order valence-electron chi connectivity index (χ0n) is 6.67. The van der Waals surface area contributed by atoms with E-state index in [0.717, 1.165) is 12.1 Å². The van der Waals surface area contributed by atoms with Crippen molar-refractivity contribution in [2.24, 2.45) is 5.73 Å². The maximum atomic E-state index is 13.1. The van der Waals surface area contributed by atoms with E-state index in [2.05, 4.69) is 0 Å². The van der Waals surface area contributed by atoms with E-state index < -0.39 is 18.5 Å². The molecule has 0 fully saturated rings. The molecule has 72 valence electrons. The minimum atomic E-state index is -0.917. The van der Waals surface area contributed by atoms with Crippen LogP contribution in [0.2, 0.25) is 5.02 Å². The largest absolute Gasteiger partial charge is 0.506 e. The van der Waals surface area contributed by atoms with Gasteiger partial charge in [0.15, 0.2) is 0 Å². The second-order valence-electron chi connectivity index (χ2n) is 2.58. The number of benzene rings is 1. The van der Waals surface area contributed by atoms with E-state index in [1.165, 1.54) is 0 Å². The Bertz CT molecular complexity index is 319. The molecule has 3 nitrogen and oxygen atoms in total. The van der Waals surface area contributed by atoms with Crippen molar-refractivity contribution in [1.82, 2.24) is 0 Å². The van der Waals surface area contributed by atoms with Crippen LogP contribution >= 0.6 is 11.6 Å². The highest BCUT2D eigenvalue weighted by atomic mass is 35.5. The molecular weight excluding hydrogens is 197 g/mol. The molecule has 0 aromatic heterocycles. The van der Waals surface area contributed by atoms with Crippen molar-refractivity contribution in [3.63, 3.8) is 0 Å². The molecule has 1 rings (SSSR count). The molecular formula is C8H9ClFNO2. The summed E-state index contributed by atoms with van der Waals surface area (Å²) in [7, 11) is 0. The lowest BCUT2D eigenvalue weighted by atomic mass is 10.1. The van der Waals surface area contributed by atoms with Gasteiger partial charge in [0.2, 0.25) is 0 Å². The summed E-state index contributed by atoms with van der Waals surface area (Å²) in [5.41, 5.74) is 5.31. The van der Waals surface area contributed by atoms with Gasteiger partial charge in [-0.25, -0.2) is 4.39 Å². The highest BCUT2D eigenvalue weighted by Crippen LogP contribution is 2.32. The Kier molecular flexibility index (Phi) is 3.08. The van der Waals surface area contributed by atoms with Crippen LogP contribution in [-0.2, 0) is 0 Å². The first-order chi connectivity index (χ1) is 6.07. The monoisotopic (exact) mass is 205 g/mol. The van der Waals surface area contributed by atoms with Gasteiger partial charge in [-0.15, -0.1) is 0 Å². The highest BCUT2D eigenvalue weighted by molar-refractivity contribution is 6.32. The van der Waals surface area contributed by atoms with Gasteiger partial charge >= 0.3 is 0 Å². The number of hydrogen-bond donors (Lipinski definition) is 3. The number of hydrogen-bond acceptors (Lipinski definition) is 3. The van der Waals surface area contributed by atoms with Crippen LogP contribution in [0.15, 0.2) is 12.1 Å². The molecule has 0 aliphatic heterocycles. The highest BCUT2D eigenvalue weighted by Gasteiger charge is 2.17. The van der Waals surface area contributed by atoms with Gasteiger partial charge in [-0.3, -0.25) is 0 Å². The van der Waals surface area contributed by atoms with Gasteiger partial charge in [-0.1, -0.05) is 11.6 Å². The molecule has 13 heavy (non-hydrogen) atoms. The first kappa shape index (κ1) is 10.2. The quantitative estimate of drug-likeness (QED) is 0.679. The Morgan fingerprint density at radius 2 is 2.15 bits per heavy atom. The molecule has 0 radical (unpaired) electrons. The Balaban J connectivity index is 3.25. The van der Waals surface area contributed by atoms with Crippen LogP contribution in [0.1, 0.15) is 11.6 Å². The van der Waals surface area contributed by atoms with E-state index in [-0.39, 0.29) is 16.3 Å². The summed E-state index contributed by atoms with van der Waals surface area (Å²) in [6.45, 7) is -0.430. The zero-order valence-corrected chi connectivity index (χ0v) is 7.42. The second-order valence-corrected chi connectivity index (χ2v) is 2.96. The molecule has 0 heterocycles. The normalized spacial score (nSPS) is 12.9. The summed E-state index contributed by atoms with van der Waals surface area (Å²) >= 11 is 5.59. The summed E-state index contributed by atoms with van der Waals surface area (Å²) in [4.78, 5) is 0. The third kappa shape index (κ3) is 1.91. The molecule has 0 aliphatic carbocycles. The third-order valence-electron chi connectivity index (χ3n) is 1.67. The summed E-state index contributed by atoms with van der Waals surface area (Å²) in [5.74, 6) is -0.883. The number of rotatable bonds is 2. The molecule has 1 aromatic rings. The molecule has 5 heteroatoms. The van der Waals surface area contributed by atoms with Crippen LogP contribution in [0.4, 0.5) is 4.39 Å². The van der Waals surface area contributed by atoms with Gasteiger partial charge in [-0.05, 0) is 12.1 Å². The maximum Gasteiger partial charge on any atom is 0.134 e. The fourth-order valence-electron chi connectivity index (χ4n) is 0.989. The zero-order chi connectivity index (χ0) is 10.0. The number of aliphatic hydroxyl groups is 1. The Labute approximate surface area is 79.6 Å². The van der Waals surface area contributed by atoms with Crippen LogP contribution in [0, 0.1) is 5.82 Å². The Hall–Kier alpha value is -0.840. The van der Waals surface area contributed by atoms with Crippen molar-refractivity contribution in [2.45, 2.75) is 6.04 Å². The fraction of sp³-hybridized carbons (Fsp3) is 0.250. The van der Waals surface area contributed by atoms with Crippen LogP contribution in [0.25, 0.3) is 0 Å². The standard InChI is InChI=1S/C8H9ClFNO2/c9-8-6(13)2-1-4(10)7(8)5(11)3-12/h1-2,5,12-13H,3,11H2. The first-order valence-corrected chi connectivity index (χ1v) is 3.99. The van der Waals surface area contributed by atoms with Crippen molar-refractivity contribution in [3.8, 4) is 5.75 Å². The van der Waals surface area contributed by atoms with Gasteiger partial charge in [0, 0.05) is 5.56 Å². The number of aromatic hydroxyl groups is 1. The van der Waals surface area contributed by atoms with E-state index >= 15 is 0 Å². The van der Waals surface area contributed by atoms with E-state index in [4.69, 9.17) is 27.5 Å². The summed E-state index contributed by atoms with van der Waals surface area (Å²) < 4.78 is 13.1. The molecule has 0 bridgehead atoms. The van der Waals surface area contributed by atoms with Gasteiger partial charge in [-0.2, -0.15) is 0 Å². The van der Waals surface area contributed by atoms with E-state index in [1.54, 1.807) is 0 Å². The van der Waals surface area contributed by atoms with Gasteiger partial charge in [0.25, 0.3) is 0 Å². The molecule has 0 spiro atoms. The summed E-state index contributed by atoms with van der Waals surface area (Å²) in [5, 5.41) is 17.7. The van der Waals surface area contributed by atoms with Crippen LogP contribution in [-0.4, -0.2) is 16.8 Å². The maximum absolute atomic E-state index is 13.1. The molecule has 0 aliphatic rings. The lowest BCUT2D eigenvalue weighted by Gasteiger charge is -2.12. The predicted octanol–water partition coefficient (Wildman–Crippen LogP) is 1.18. The number of phenolic OH excluding ortho intramolecular Hbond substituents is 1. The fourth-order valence-corrected chi connectivity index (χ4v) is 1.28. The minimum absolute atomic E-state index is 0.0656.